The highest BCUT2D eigenvalue weighted by atomic mass is 32.2. The average molecular weight is 253 g/mol. The van der Waals surface area contributed by atoms with Gasteiger partial charge in [-0.1, -0.05) is 11.8 Å². The summed E-state index contributed by atoms with van der Waals surface area (Å²) in [6.45, 7) is 2.12. The smallest absolute Gasteiger partial charge is 0.316 e. The van der Waals surface area contributed by atoms with Crippen LogP contribution in [0.15, 0.2) is 17.6 Å². The van der Waals surface area contributed by atoms with Crippen molar-refractivity contribution in [2.45, 2.75) is 12.1 Å². The first kappa shape index (κ1) is 11.6. The number of rotatable bonds is 4. The number of hydrogen-bond donors (Lipinski definition) is 1. The van der Waals surface area contributed by atoms with Crippen LogP contribution in [0.2, 0.25) is 0 Å². The standard InChI is InChI=1S/C9H11N5O2S/c1-2-16-8(15)4-17-9-13-6(10)3-7-11-5-12-14(7)9/h3,5H,2,4,10H2,1H3. The second-order valence-electron chi connectivity index (χ2n) is 3.09. The number of nitrogen functional groups attached to an aromatic ring is 1. The lowest BCUT2D eigenvalue weighted by Gasteiger charge is -2.04. The summed E-state index contributed by atoms with van der Waals surface area (Å²) >= 11 is 1.21. The van der Waals surface area contributed by atoms with Crippen LogP contribution in [-0.4, -0.2) is 37.9 Å². The number of esters is 1. The third kappa shape index (κ3) is 2.64. The van der Waals surface area contributed by atoms with E-state index in [1.54, 1.807) is 13.0 Å². The predicted octanol–water partition coefficient (Wildman–Crippen LogP) is 0.362. The molecule has 0 radical (unpaired) electrons. The number of hydrogen-bond acceptors (Lipinski definition) is 7. The average Bonchev–Trinajstić information content (AvgIpc) is 2.74. The number of aromatic nitrogens is 4. The molecule has 0 fully saturated rings. The van der Waals surface area contributed by atoms with Gasteiger partial charge in [0.25, 0.3) is 0 Å². The monoisotopic (exact) mass is 253 g/mol. The Bertz CT molecular complexity index is 541. The summed E-state index contributed by atoms with van der Waals surface area (Å²) in [6.07, 6.45) is 1.41. The molecule has 8 heteroatoms. The molecule has 2 N–H and O–H groups in total. The summed E-state index contributed by atoms with van der Waals surface area (Å²) in [5, 5.41) is 4.52. The molecule has 17 heavy (non-hydrogen) atoms. The molecular weight excluding hydrogens is 242 g/mol. The van der Waals surface area contributed by atoms with E-state index in [-0.39, 0.29) is 11.7 Å². The summed E-state index contributed by atoms with van der Waals surface area (Å²) in [4.78, 5) is 19.3. The highest BCUT2D eigenvalue weighted by Gasteiger charge is 2.10. The molecule has 0 aliphatic rings. The summed E-state index contributed by atoms with van der Waals surface area (Å²) in [5.74, 6) is 0.214. The van der Waals surface area contributed by atoms with Crippen molar-refractivity contribution in [2.75, 3.05) is 18.1 Å². The van der Waals surface area contributed by atoms with Gasteiger partial charge in [-0.25, -0.2) is 9.97 Å². The van der Waals surface area contributed by atoms with Crippen molar-refractivity contribution in [3.63, 3.8) is 0 Å². The second-order valence-corrected chi connectivity index (χ2v) is 4.03. The van der Waals surface area contributed by atoms with Gasteiger partial charge in [-0.2, -0.15) is 9.61 Å². The van der Waals surface area contributed by atoms with Crippen molar-refractivity contribution in [1.29, 1.82) is 0 Å². The first-order valence-electron chi connectivity index (χ1n) is 4.95. The minimum absolute atomic E-state index is 0.166. The lowest BCUT2D eigenvalue weighted by molar-refractivity contribution is -0.139. The molecule has 0 spiro atoms. The fraction of sp³-hybridized carbons (Fsp3) is 0.333. The Morgan fingerprint density at radius 3 is 3.24 bits per heavy atom. The van der Waals surface area contributed by atoms with Gasteiger partial charge in [0, 0.05) is 6.07 Å². The van der Waals surface area contributed by atoms with E-state index in [2.05, 4.69) is 15.1 Å². The molecule has 2 aromatic rings. The molecule has 0 aliphatic heterocycles. The lowest BCUT2D eigenvalue weighted by atomic mass is 10.6. The van der Waals surface area contributed by atoms with Crippen molar-refractivity contribution >= 4 is 29.2 Å². The topological polar surface area (TPSA) is 95.4 Å². The number of ether oxygens (including phenoxy) is 1. The first-order chi connectivity index (χ1) is 8.20. The van der Waals surface area contributed by atoms with E-state index in [4.69, 9.17) is 10.5 Å². The fourth-order valence-electron chi connectivity index (χ4n) is 1.24. The van der Waals surface area contributed by atoms with Crippen molar-refractivity contribution in [1.82, 2.24) is 19.6 Å². The predicted molar refractivity (Wildman–Crippen MR) is 62.6 cm³/mol. The highest BCUT2D eigenvalue weighted by Crippen LogP contribution is 2.17. The maximum absolute atomic E-state index is 11.2. The van der Waals surface area contributed by atoms with Crippen LogP contribution in [0.1, 0.15) is 6.92 Å². The fourth-order valence-corrected chi connectivity index (χ4v) is 2.00. The molecule has 2 rings (SSSR count). The van der Waals surface area contributed by atoms with Crippen LogP contribution in [0.5, 0.6) is 0 Å². The molecule has 2 aromatic heterocycles. The Hall–Kier alpha value is -1.83. The highest BCUT2D eigenvalue weighted by molar-refractivity contribution is 7.99. The van der Waals surface area contributed by atoms with E-state index in [0.29, 0.717) is 23.2 Å². The van der Waals surface area contributed by atoms with Crippen molar-refractivity contribution < 1.29 is 9.53 Å². The quantitative estimate of drug-likeness (QED) is 0.477. The largest absolute Gasteiger partial charge is 0.465 e. The SMILES string of the molecule is CCOC(=O)CSc1nc(N)cc2ncnn12. The molecule has 0 saturated heterocycles. The third-order valence-electron chi connectivity index (χ3n) is 1.88. The third-order valence-corrected chi connectivity index (χ3v) is 2.78. The number of nitrogens with two attached hydrogens (primary N) is 1. The molecule has 0 unspecified atom stereocenters. The van der Waals surface area contributed by atoms with Crippen LogP contribution >= 0.6 is 11.8 Å². The van der Waals surface area contributed by atoms with Gasteiger partial charge in [0.1, 0.15) is 12.1 Å². The van der Waals surface area contributed by atoms with Crippen LogP contribution in [0.25, 0.3) is 5.65 Å². The Kier molecular flexibility index (Phi) is 3.43. The Morgan fingerprint density at radius 2 is 2.47 bits per heavy atom. The molecule has 90 valence electrons. The summed E-state index contributed by atoms with van der Waals surface area (Å²) in [7, 11) is 0. The Balaban J connectivity index is 2.17. The van der Waals surface area contributed by atoms with E-state index in [1.807, 2.05) is 0 Å². The van der Waals surface area contributed by atoms with Gasteiger partial charge in [0.2, 0.25) is 0 Å². The lowest BCUT2D eigenvalue weighted by Crippen LogP contribution is -2.08. The molecule has 0 aliphatic carbocycles. The van der Waals surface area contributed by atoms with Crippen LogP contribution in [0.4, 0.5) is 5.82 Å². The van der Waals surface area contributed by atoms with Crippen LogP contribution in [0, 0.1) is 0 Å². The van der Waals surface area contributed by atoms with Gasteiger partial charge < -0.3 is 10.5 Å². The first-order valence-corrected chi connectivity index (χ1v) is 5.94. The number of thioether (sulfide) groups is 1. The van der Waals surface area contributed by atoms with Crippen LogP contribution in [0.3, 0.4) is 0 Å². The van der Waals surface area contributed by atoms with Crippen molar-refractivity contribution in [2.24, 2.45) is 0 Å². The number of carbonyl (C=O) groups is 1. The second kappa shape index (κ2) is 5.00. The normalized spacial score (nSPS) is 10.6. The number of carbonyl (C=O) groups excluding carboxylic acids is 1. The van der Waals surface area contributed by atoms with Crippen molar-refractivity contribution in [3.05, 3.63) is 12.4 Å². The maximum atomic E-state index is 11.2. The Labute approximate surface area is 101 Å². The van der Waals surface area contributed by atoms with E-state index in [9.17, 15) is 4.79 Å². The van der Waals surface area contributed by atoms with E-state index in [1.165, 1.54) is 22.6 Å². The molecule has 0 amide bonds. The van der Waals surface area contributed by atoms with Gasteiger partial charge in [-0.15, -0.1) is 0 Å². The number of anilines is 1. The van der Waals surface area contributed by atoms with Gasteiger partial charge in [-0.05, 0) is 6.92 Å². The van der Waals surface area contributed by atoms with Crippen molar-refractivity contribution in [3.8, 4) is 0 Å². The Morgan fingerprint density at radius 1 is 1.65 bits per heavy atom. The van der Waals surface area contributed by atoms with Crippen LogP contribution in [-0.2, 0) is 9.53 Å². The zero-order chi connectivity index (χ0) is 12.3. The van der Waals surface area contributed by atoms with E-state index >= 15 is 0 Å². The minimum atomic E-state index is -0.296. The zero-order valence-corrected chi connectivity index (χ0v) is 9.98. The van der Waals surface area contributed by atoms with E-state index in [0.717, 1.165) is 0 Å². The molecular formula is C9H11N5O2S. The molecule has 0 atom stereocenters. The van der Waals surface area contributed by atoms with Crippen LogP contribution < -0.4 is 5.73 Å². The van der Waals surface area contributed by atoms with Gasteiger partial charge in [-0.3, -0.25) is 4.79 Å². The summed E-state index contributed by atoms with van der Waals surface area (Å²) < 4.78 is 6.35. The zero-order valence-electron chi connectivity index (χ0n) is 9.16. The van der Waals surface area contributed by atoms with Gasteiger partial charge in [0.15, 0.2) is 10.8 Å². The van der Waals surface area contributed by atoms with E-state index < -0.39 is 0 Å². The molecule has 0 bridgehead atoms. The summed E-state index contributed by atoms with van der Waals surface area (Å²) in [5.41, 5.74) is 6.23. The minimum Gasteiger partial charge on any atom is -0.465 e. The van der Waals surface area contributed by atoms with Gasteiger partial charge >= 0.3 is 5.97 Å². The number of nitrogens with zero attached hydrogens (tertiary/aromatic N) is 4. The molecule has 0 saturated carbocycles. The number of fused-ring (bicyclic) bond motifs is 1. The molecule has 7 nitrogen and oxygen atoms in total. The molecule has 0 aromatic carbocycles. The summed E-state index contributed by atoms with van der Waals surface area (Å²) in [6, 6.07) is 1.61. The van der Waals surface area contributed by atoms with Gasteiger partial charge in [0.05, 0.1) is 12.4 Å². The molecule has 2 heterocycles. The maximum Gasteiger partial charge on any atom is 0.316 e.